The molecular formula is C31H28ClN3O2. The Morgan fingerprint density at radius 3 is 2.57 bits per heavy atom. The first-order valence-corrected chi connectivity index (χ1v) is 13.2. The van der Waals surface area contributed by atoms with E-state index in [1.54, 1.807) is 0 Å². The lowest BCUT2D eigenvalue weighted by atomic mass is 10.1. The highest BCUT2D eigenvalue weighted by Crippen LogP contribution is 2.34. The second kappa shape index (κ2) is 10.3. The number of imidazole rings is 1. The van der Waals surface area contributed by atoms with E-state index < -0.39 is 0 Å². The first-order valence-electron chi connectivity index (χ1n) is 12.8. The number of anilines is 1. The van der Waals surface area contributed by atoms with Crippen molar-refractivity contribution < 1.29 is 9.53 Å². The number of aryl methyl sites for hydroxylation is 1. The summed E-state index contributed by atoms with van der Waals surface area (Å²) in [5, 5.41) is 3.00. The van der Waals surface area contributed by atoms with Gasteiger partial charge in [-0.15, -0.1) is 0 Å². The third-order valence-electron chi connectivity index (χ3n) is 7.10. The minimum Gasteiger partial charge on any atom is -0.493 e. The smallest absolute Gasteiger partial charge is 0.227 e. The third kappa shape index (κ3) is 4.79. The molecule has 1 unspecified atom stereocenters. The lowest BCUT2D eigenvalue weighted by Gasteiger charge is -2.17. The van der Waals surface area contributed by atoms with Crippen molar-refractivity contribution in [2.24, 2.45) is 0 Å². The summed E-state index contributed by atoms with van der Waals surface area (Å²) in [4.78, 5) is 19.8. The maximum atomic E-state index is 12.9. The van der Waals surface area contributed by atoms with Gasteiger partial charge >= 0.3 is 0 Å². The number of fused-ring (bicyclic) bond motifs is 2. The number of halogens is 1. The molecule has 1 saturated heterocycles. The number of benzene rings is 4. The number of hydrogen-bond acceptors (Lipinski definition) is 3. The zero-order valence-electron chi connectivity index (χ0n) is 20.5. The van der Waals surface area contributed by atoms with Crippen molar-refractivity contribution in [2.45, 2.75) is 31.7 Å². The number of unbranched alkanes of at least 4 members (excludes halogenated alkanes) is 1. The van der Waals surface area contributed by atoms with Crippen LogP contribution in [0.25, 0.3) is 21.8 Å². The molecule has 5 nitrogen and oxygen atoms in total. The largest absolute Gasteiger partial charge is 0.493 e. The van der Waals surface area contributed by atoms with E-state index >= 15 is 0 Å². The van der Waals surface area contributed by atoms with Gasteiger partial charge in [0.05, 0.1) is 17.6 Å². The van der Waals surface area contributed by atoms with Crippen LogP contribution in [0.3, 0.4) is 0 Å². The summed E-state index contributed by atoms with van der Waals surface area (Å²) < 4.78 is 8.46. The van der Waals surface area contributed by atoms with Gasteiger partial charge < -0.3 is 14.2 Å². The summed E-state index contributed by atoms with van der Waals surface area (Å²) >= 11 is 6.05. The van der Waals surface area contributed by atoms with Crippen molar-refractivity contribution in [1.82, 2.24) is 9.55 Å². The summed E-state index contributed by atoms with van der Waals surface area (Å²) in [6.07, 6.45) is 2.34. The van der Waals surface area contributed by atoms with E-state index in [0.717, 1.165) is 53.1 Å². The Labute approximate surface area is 221 Å². The summed E-state index contributed by atoms with van der Waals surface area (Å²) in [7, 11) is 0. The molecule has 6 heteroatoms. The van der Waals surface area contributed by atoms with Crippen LogP contribution in [0.4, 0.5) is 5.69 Å². The molecule has 2 heterocycles. The predicted octanol–water partition coefficient (Wildman–Crippen LogP) is 7.22. The van der Waals surface area contributed by atoms with Crippen molar-refractivity contribution in [3.8, 4) is 5.75 Å². The van der Waals surface area contributed by atoms with E-state index in [9.17, 15) is 4.79 Å². The van der Waals surface area contributed by atoms with Crippen LogP contribution in [-0.4, -0.2) is 28.6 Å². The molecule has 0 bridgehead atoms. The molecule has 1 fully saturated rings. The molecule has 1 amide bonds. The molecule has 0 saturated carbocycles. The fourth-order valence-electron chi connectivity index (χ4n) is 5.27. The predicted molar refractivity (Wildman–Crippen MR) is 150 cm³/mol. The average Bonchev–Trinajstić information content (AvgIpc) is 3.49. The van der Waals surface area contributed by atoms with Crippen molar-refractivity contribution in [3.63, 3.8) is 0 Å². The summed E-state index contributed by atoms with van der Waals surface area (Å²) in [6.45, 7) is 2.11. The fraction of sp³-hybridized carbons (Fsp3) is 0.226. The standard InChI is InChI=1S/C31H28ClN3O2/c32-24-14-16-25(17-15-24)35-21-23(20-30(35)36)31-33-27-11-3-4-12-28(27)34(31)18-5-6-19-37-29-13-7-9-22-8-1-2-10-26(22)29/h1-4,7-17,23H,5-6,18-21H2. The number of ether oxygens (including phenoxy) is 1. The van der Waals surface area contributed by atoms with Crippen LogP contribution < -0.4 is 9.64 Å². The third-order valence-corrected chi connectivity index (χ3v) is 7.35. The van der Waals surface area contributed by atoms with Gasteiger partial charge in [0.25, 0.3) is 0 Å². The summed E-state index contributed by atoms with van der Waals surface area (Å²) in [6, 6.07) is 30.2. The van der Waals surface area contributed by atoms with E-state index in [2.05, 4.69) is 28.8 Å². The van der Waals surface area contributed by atoms with Crippen molar-refractivity contribution >= 4 is 45.0 Å². The number of nitrogens with zero attached hydrogens (tertiary/aromatic N) is 3. The number of aromatic nitrogens is 2. The molecule has 37 heavy (non-hydrogen) atoms. The number of carbonyl (C=O) groups excluding carboxylic acids is 1. The van der Waals surface area contributed by atoms with E-state index in [-0.39, 0.29) is 11.8 Å². The molecule has 186 valence electrons. The Bertz CT molecular complexity index is 1560. The van der Waals surface area contributed by atoms with Crippen LogP contribution >= 0.6 is 11.6 Å². The maximum Gasteiger partial charge on any atom is 0.227 e. The zero-order valence-corrected chi connectivity index (χ0v) is 21.3. The molecule has 0 aliphatic carbocycles. The normalized spacial score (nSPS) is 15.6. The van der Waals surface area contributed by atoms with E-state index in [4.69, 9.17) is 21.3 Å². The van der Waals surface area contributed by atoms with Gasteiger partial charge in [-0.2, -0.15) is 0 Å². The first-order chi connectivity index (χ1) is 18.2. The number of carbonyl (C=O) groups is 1. The number of rotatable bonds is 8. The van der Waals surface area contributed by atoms with Crippen LogP contribution in [0.1, 0.15) is 31.0 Å². The van der Waals surface area contributed by atoms with Gasteiger partial charge in [-0.25, -0.2) is 4.98 Å². The van der Waals surface area contributed by atoms with E-state index in [1.807, 2.05) is 71.6 Å². The minimum absolute atomic E-state index is 0.0440. The zero-order chi connectivity index (χ0) is 25.2. The van der Waals surface area contributed by atoms with Crippen LogP contribution in [0.2, 0.25) is 5.02 Å². The van der Waals surface area contributed by atoms with Gasteiger partial charge in [-0.05, 0) is 60.7 Å². The monoisotopic (exact) mass is 509 g/mol. The van der Waals surface area contributed by atoms with Crippen LogP contribution in [-0.2, 0) is 11.3 Å². The highest BCUT2D eigenvalue weighted by Gasteiger charge is 2.34. The molecule has 1 aromatic heterocycles. The molecule has 1 aliphatic rings. The highest BCUT2D eigenvalue weighted by atomic mass is 35.5. The van der Waals surface area contributed by atoms with Gasteiger partial charge in [0, 0.05) is 41.5 Å². The summed E-state index contributed by atoms with van der Waals surface area (Å²) in [5.74, 6) is 2.08. The second-order valence-electron chi connectivity index (χ2n) is 9.53. The van der Waals surface area contributed by atoms with Crippen molar-refractivity contribution in [1.29, 1.82) is 0 Å². The Morgan fingerprint density at radius 2 is 1.68 bits per heavy atom. The molecule has 1 atom stereocenters. The van der Waals surface area contributed by atoms with E-state index in [0.29, 0.717) is 24.6 Å². The summed E-state index contributed by atoms with van der Waals surface area (Å²) in [5.41, 5.74) is 2.97. The molecule has 0 spiro atoms. The Morgan fingerprint density at radius 1 is 0.892 bits per heavy atom. The minimum atomic E-state index is 0.0440. The fourth-order valence-corrected chi connectivity index (χ4v) is 5.39. The Balaban J connectivity index is 1.16. The Hall–Kier alpha value is -3.83. The van der Waals surface area contributed by atoms with Gasteiger partial charge in [0.15, 0.2) is 0 Å². The lowest BCUT2D eigenvalue weighted by molar-refractivity contribution is -0.117. The number of amides is 1. The highest BCUT2D eigenvalue weighted by molar-refractivity contribution is 6.30. The number of para-hydroxylation sites is 2. The van der Waals surface area contributed by atoms with Gasteiger partial charge in [-0.1, -0.05) is 60.1 Å². The van der Waals surface area contributed by atoms with Crippen molar-refractivity contribution in [3.05, 3.63) is 102 Å². The maximum absolute atomic E-state index is 12.9. The van der Waals surface area contributed by atoms with Crippen LogP contribution in [0, 0.1) is 0 Å². The SMILES string of the molecule is O=C1CC(c2nc3ccccc3n2CCCCOc2cccc3ccccc23)CN1c1ccc(Cl)cc1. The Kier molecular flexibility index (Phi) is 6.54. The molecule has 5 aromatic rings. The molecular weight excluding hydrogens is 482 g/mol. The van der Waals surface area contributed by atoms with Crippen molar-refractivity contribution in [2.75, 3.05) is 18.1 Å². The van der Waals surface area contributed by atoms with Crippen LogP contribution in [0.5, 0.6) is 5.75 Å². The lowest BCUT2D eigenvalue weighted by Crippen LogP contribution is -2.24. The molecule has 0 radical (unpaired) electrons. The van der Waals surface area contributed by atoms with E-state index in [1.165, 1.54) is 5.39 Å². The molecule has 6 rings (SSSR count). The molecule has 4 aromatic carbocycles. The number of hydrogen-bond donors (Lipinski definition) is 0. The molecule has 1 aliphatic heterocycles. The topological polar surface area (TPSA) is 47.4 Å². The first kappa shape index (κ1) is 23.6. The van der Waals surface area contributed by atoms with Gasteiger partial charge in [0.1, 0.15) is 11.6 Å². The quantitative estimate of drug-likeness (QED) is 0.207. The molecule has 0 N–H and O–H groups in total. The van der Waals surface area contributed by atoms with Gasteiger partial charge in [-0.3, -0.25) is 4.79 Å². The average molecular weight is 510 g/mol. The second-order valence-corrected chi connectivity index (χ2v) is 9.96. The van der Waals surface area contributed by atoms with Gasteiger partial charge in [0.2, 0.25) is 5.91 Å². The van der Waals surface area contributed by atoms with Crippen LogP contribution in [0.15, 0.2) is 91.0 Å².